The Morgan fingerprint density at radius 1 is 1.21 bits per heavy atom. The lowest BCUT2D eigenvalue weighted by molar-refractivity contribution is 0.0746. The van der Waals surface area contributed by atoms with Gasteiger partial charge < -0.3 is 19.9 Å². The first-order valence-electron chi connectivity index (χ1n) is 10.1. The third-order valence-electron chi connectivity index (χ3n) is 5.48. The Bertz CT molecular complexity index is 812. The Labute approximate surface area is 166 Å². The fraction of sp³-hybridized carbons (Fsp3) is 0.455. The van der Waals surface area contributed by atoms with E-state index in [1.54, 1.807) is 12.3 Å². The summed E-state index contributed by atoms with van der Waals surface area (Å²) < 4.78 is 5.63. The monoisotopic (exact) mass is 380 g/mol. The van der Waals surface area contributed by atoms with Crippen molar-refractivity contribution in [1.82, 2.24) is 9.88 Å². The number of benzene rings is 1. The molecule has 6 nitrogen and oxygen atoms in total. The van der Waals surface area contributed by atoms with E-state index < -0.39 is 0 Å². The molecule has 0 aliphatic carbocycles. The first kappa shape index (κ1) is 18.7. The van der Waals surface area contributed by atoms with Gasteiger partial charge in [0.25, 0.3) is 5.91 Å². The molecule has 1 aromatic heterocycles. The average molecular weight is 380 g/mol. The molecule has 0 radical (unpaired) electrons. The molecule has 0 bridgehead atoms. The van der Waals surface area contributed by atoms with Crippen LogP contribution < -0.4 is 10.2 Å². The van der Waals surface area contributed by atoms with Gasteiger partial charge in [0.15, 0.2) is 0 Å². The molecule has 0 saturated carbocycles. The molecule has 2 fully saturated rings. The Hall–Kier alpha value is -2.60. The summed E-state index contributed by atoms with van der Waals surface area (Å²) in [4.78, 5) is 21.6. The summed E-state index contributed by atoms with van der Waals surface area (Å²) in [6.07, 6.45) is 4.15. The van der Waals surface area contributed by atoms with Crippen LogP contribution in [0.1, 0.15) is 28.8 Å². The van der Waals surface area contributed by atoms with Crippen LogP contribution in [0.2, 0.25) is 0 Å². The smallest absolute Gasteiger partial charge is 0.254 e. The van der Waals surface area contributed by atoms with Crippen LogP contribution in [0.4, 0.5) is 11.5 Å². The van der Waals surface area contributed by atoms with Crippen molar-refractivity contribution >= 4 is 17.4 Å². The molecule has 2 aliphatic rings. The van der Waals surface area contributed by atoms with Crippen LogP contribution in [-0.2, 0) is 4.74 Å². The van der Waals surface area contributed by atoms with E-state index in [9.17, 15) is 4.79 Å². The van der Waals surface area contributed by atoms with Gasteiger partial charge in [0.1, 0.15) is 5.82 Å². The van der Waals surface area contributed by atoms with E-state index in [0.717, 1.165) is 58.0 Å². The van der Waals surface area contributed by atoms with Gasteiger partial charge in [-0.05, 0) is 49.6 Å². The van der Waals surface area contributed by atoms with Crippen molar-refractivity contribution in [2.75, 3.05) is 49.5 Å². The molecule has 1 atom stereocenters. The van der Waals surface area contributed by atoms with E-state index in [0.29, 0.717) is 5.56 Å². The molecule has 1 N–H and O–H groups in total. The number of hydrogen-bond acceptors (Lipinski definition) is 5. The van der Waals surface area contributed by atoms with Crippen molar-refractivity contribution < 1.29 is 9.53 Å². The van der Waals surface area contributed by atoms with Crippen LogP contribution >= 0.6 is 0 Å². The molecule has 1 amide bonds. The van der Waals surface area contributed by atoms with E-state index >= 15 is 0 Å². The number of amides is 1. The summed E-state index contributed by atoms with van der Waals surface area (Å²) in [7, 11) is 0. The number of anilines is 2. The zero-order valence-corrected chi connectivity index (χ0v) is 16.4. The number of carbonyl (C=O) groups excluding carboxylic acids is 1. The van der Waals surface area contributed by atoms with Crippen LogP contribution in [0.5, 0.6) is 0 Å². The lowest BCUT2D eigenvalue weighted by Crippen LogP contribution is -2.48. The standard InChI is InChI=1S/C22H28N4O2/c1-17-4-2-5-19(14-17)25-9-11-26(12-10-25)22(27)18-7-8-23-21(15-18)24-16-20-6-3-13-28-20/h2,4-5,7-8,14-15,20H,3,6,9-13,16H2,1H3,(H,23,24). The maximum atomic E-state index is 12.9. The summed E-state index contributed by atoms with van der Waals surface area (Å²) >= 11 is 0. The minimum atomic E-state index is 0.0754. The second-order valence-corrected chi connectivity index (χ2v) is 7.56. The number of aromatic nitrogens is 1. The Balaban J connectivity index is 1.34. The average Bonchev–Trinajstić information content (AvgIpc) is 3.26. The van der Waals surface area contributed by atoms with Gasteiger partial charge >= 0.3 is 0 Å². The number of ether oxygens (including phenoxy) is 1. The number of carbonyl (C=O) groups is 1. The lowest BCUT2D eigenvalue weighted by Gasteiger charge is -2.36. The number of piperazine rings is 1. The van der Waals surface area contributed by atoms with Crippen molar-refractivity contribution in [3.8, 4) is 0 Å². The van der Waals surface area contributed by atoms with Gasteiger partial charge in [-0.2, -0.15) is 0 Å². The van der Waals surface area contributed by atoms with Gasteiger partial charge in [-0.1, -0.05) is 12.1 Å². The molecule has 1 aromatic carbocycles. The molecule has 0 spiro atoms. The maximum absolute atomic E-state index is 12.9. The highest BCUT2D eigenvalue weighted by Gasteiger charge is 2.23. The minimum absolute atomic E-state index is 0.0754. The number of hydrogen-bond donors (Lipinski definition) is 1. The molecule has 28 heavy (non-hydrogen) atoms. The Morgan fingerprint density at radius 2 is 2.07 bits per heavy atom. The number of aryl methyl sites for hydroxylation is 1. The van der Waals surface area contributed by atoms with Crippen LogP contribution in [-0.4, -0.2) is 61.2 Å². The number of nitrogens with zero attached hydrogens (tertiary/aromatic N) is 3. The molecule has 4 rings (SSSR count). The third-order valence-corrected chi connectivity index (χ3v) is 5.48. The van der Waals surface area contributed by atoms with E-state index in [-0.39, 0.29) is 12.0 Å². The minimum Gasteiger partial charge on any atom is -0.376 e. The van der Waals surface area contributed by atoms with E-state index in [1.807, 2.05) is 11.0 Å². The highest BCUT2D eigenvalue weighted by atomic mass is 16.5. The van der Waals surface area contributed by atoms with Gasteiger partial charge in [0.05, 0.1) is 6.10 Å². The van der Waals surface area contributed by atoms with E-state index in [4.69, 9.17) is 4.74 Å². The number of pyridine rings is 1. The molecule has 148 valence electrons. The fourth-order valence-corrected chi connectivity index (χ4v) is 3.86. The Morgan fingerprint density at radius 3 is 2.82 bits per heavy atom. The van der Waals surface area contributed by atoms with Crippen LogP contribution in [0.3, 0.4) is 0 Å². The van der Waals surface area contributed by atoms with E-state index in [1.165, 1.54) is 11.3 Å². The van der Waals surface area contributed by atoms with Crippen molar-refractivity contribution in [2.45, 2.75) is 25.9 Å². The maximum Gasteiger partial charge on any atom is 0.254 e. The molecule has 2 aliphatic heterocycles. The Kier molecular flexibility index (Phi) is 5.76. The normalized spacial score (nSPS) is 19.7. The van der Waals surface area contributed by atoms with Gasteiger partial charge in [-0.15, -0.1) is 0 Å². The first-order chi connectivity index (χ1) is 13.7. The molecule has 2 saturated heterocycles. The van der Waals surface area contributed by atoms with Gasteiger partial charge in [0.2, 0.25) is 0 Å². The molecule has 2 aromatic rings. The SMILES string of the molecule is Cc1cccc(N2CCN(C(=O)c3ccnc(NCC4CCCO4)c3)CC2)c1. The summed E-state index contributed by atoms with van der Waals surface area (Å²) in [6.45, 7) is 6.85. The van der Waals surface area contributed by atoms with Crippen molar-refractivity contribution in [3.05, 3.63) is 53.7 Å². The second-order valence-electron chi connectivity index (χ2n) is 7.56. The predicted molar refractivity (Wildman–Crippen MR) is 111 cm³/mol. The zero-order valence-electron chi connectivity index (χ0n) is 16.4. The van der Waals surface area contributed by atoms with Crippen molar-refractivity contribution in [2.24, 2.45) is 0 Å². The molecular formula is C22H28N4O2. The van der Waals surface area contributed by atoms with Crippen LogP contribution in [0, 0.1) is 6.92 Å². The summed E-state index contributed by atoms with van der Waals surface area (Å²) in [5.74, 6) is 0.811. The zero-order chi connectivity index (χ0) is 19.3. The summed E-state index contributed by atoms with van der Waals surface area (Å²) in [6, 6.07) is 12.2. The summed E-state index contributed by atoms with van der Waals surface area (Å²) in [5, 5.41) is 3.30. The van der Waals surface area contributed by atoms with E-state index in [2.05, 4.69) is 46.4 Å². The molecular weight excluding hydrogens is 352 g/mol. The molecule has 1 unspecified atom stereocenters. The van der Waals surface area contributed by atoms with Gasteiger partial charge in [0, 0.05) is 56.8 Å². The predicted octanol–water partition coefficient (Wildman–Crippen LogP) is 2.94. The van der Waals surface area contributed by atoms with Crippen molar-refractivity contribution in [3.63, 3.8) is 0 Å². The largest absolute Gasteiger partial charge is 0.376 e. The van der Waals surface area contributed by atoms with Crippen LogP contribution in [0.15, 0.2) is 42.6 Å². The highest BCUT2D eigenvalue weighted by molar-refractivity contribution is 5.95. The molecule has 6 heteroatoms. The third kappa shape index (κ3) is 4.44. The first-order valence-corrected chi connectivity index (χ1v) is 10.1. The second kappa shape index (κ2) is 8.61. The molecule has 3 heterocycles. The lowest BCUT2D eigenvalue weighted by atomic mass is 10.1. The number of rotatable bonds is 5. The quantitative estimate of drug-likeness (QED) is 0.864. The van der Waals surface area contributed by atoms with Crippen molar-refractivity contribution in [1.29, 1.82) is 0 Å². The van der Waals surface area contributed by atoms with Crippen LogP contribution in [0.25, 0.3) is 0 Å². The topological polar surface area (TPSA) is 57.7 Å². The van der Waals surface area contributed by atoms with Gasteiger partial charge in [-0.25, -0.2) is 4.98 Å². The fourth-order valence-electron chi connectivity index (χ4n) is 3.86. The van der Waals surface area contributed by atoms with Gasteiger partial charge in [-0.3, -0.25) is 4.79 Å². The highest BCUT2D eigenvalue weighted by Crippen LogP contribution is 2.19. The number of nitrogens with one attached hydrogen (secondary N) is 1. The summed E-state index contributed by atoms with van der Waals surface area (Å²) in [5.41, 5.74) is 3.18.